The zero-order chi connectivity index (χ0) is 25.3. The second-order valence-electron chi connectivity index (χ2n) is 8.67. The molecule has 3 rings (SSSR count). The van der Waals surface area contributed by atoms with Gasteiger partial charge < -0.3 is 9.80 Å². The number of likely N-dealkylation sites (N-methyl/N-ethyl adjacent to an activating group) is 1. The van der Waals surface area contributed by atoms with Crippen molar-refractivity contribution in [2.45, 2.75) is 56.6 Å². The molecule has 0 aliphatic carbocycles. The van der Waals surface area contributed by atoms with Crippen molar-refractivity contribution in [1.82, 2.24) is 14.8 Å². The first-order chi connectivity index (χ1) is 15.9. The molecule has 2 aliphatic heterocycles. The number of alkyl halides is 4. The van der Waals surface area contributed by atoms with Crippen LogP contribution in [-0.2, 0) is 15.0 Å². The summed E-state index contributed by atoms with van der Waals surface area (Å²) in [4.78, 5) is 29.9. The van der Waals surface area contributed by atoms with Crippen LogP contribution < -0.4 is 0 Å². The van der Waals surface area contributed by atoms with Crippen LogP contribution in [-0.4, -0.2) is 82.7 Å². The Balaban J connectivity index is 1.76. The van der Waals surface area contributed by atoms with Crippen molar-refractivity contribution in [3.8, 4) is 0 Å². The summed E-state index contributed by atoms with van der Waals surface area (Å²) in [5.74, 6) is -0.340. The van der Waals surface area contributed by atoms with E-state index in [1.807, 2.05) is 26.0 Å². The van der Waals surface area contributed by atoms with Crippen LogP contribution in [0.3, 0.4) is 0 Å². The molecule has 6 nitrogen and oxygen atoms in total. The molecule has 2 atom stereocenters. The van der Waals surface area contributed by atoms with Crippen molar-refractivity contribution in [1.29, 1.82) is 0 Å². The highest BCUT2D eigenvalue weighted by molar-refractivity contribution is 6.34. The van der Waals surface area contributed by atoms with Gasteiger partial charge in [0.15, 0.2) is 5.71 Å². The highest BCUT2D eigenvalue weighted by Crippen LogP contribution is 2.38. The number of carbonyl (C=O) groups is 2. The molecule has 1 aromatic rings. The Labute approximate surface area is 207 Å². The number of hydrogen-bond donors (Lipinski definition) is 0. The van der Waals surface area contributed by atoms with E-state index >= 15 is 0 Å². The first-order valence-corrected chi connectivity index (χ1v) is 12.2. The number of carbonyl (C=O) groups excluding carboxylic acids is 2. The smallest absolute Gasteiger partial charge is 0.342 e. The van der Waals surface area contributed by atoms with Gasteiger partial charge in [0.2, 0.25) is 11.8 Å². The molecule has 0 bridgehead atoms. The third kappa shape index (κ3) is 5.15. The summed E-state index contributed by atoms with van der Waals surface area (Å²) in [5, 5.41) is 3.92. The van der Waals surface area contributed by atoms with Gasteiger partial charge in [0.05, 0.1) is 11.5 Å². The number of benzene rings is 1. The SMILES string of the molecule is CCN(CC)C(=O)C1(c2ccc(Cl)cc2)CCN(C(=O)CN2N=C(C(F)(F)F)C(Cl)C2C)CC1. The van der Waals surface area contributed by atoms with Crippen LogP contribution in [0.25, 0.3) is 0 Å². The van der Waals surface area contributed by atoms with Gasteiger partial charge in [-0.15, -0.1) is 11.6 Å². The largest absolute Gasteiger partial charge is 0.432 e. The van der Waals surface area contributed by atoms with Gasteiger partial charge in [-0.25, -0.2) is 0 Å². The highest BCUT2D eigenvalue weighted by atomic mass is 35.5. The van der Waals surface area contributed by atoms with Crippen molar-refractivity contribution in [2.24, 2.45) is 5.10 Å². The van der Waals surface area contributed by atoms with Crippen LogP contribution in [0.15, 0.2) is 29.4 Å². The van der Waals surface area contributed by atoms with Crippen molar-refractivity contribution < 1.29 is 22.8 Å². The van der Waals surface area contributed by atoms with E-state index in [1.54, 1.807) is 21.9 Å². The molecular formula is C23H29Cl2F3N4O2. The standard InChI is InChI=1S/C23H29Cl2F3N4O2/c1-4-30(5-2)21(34)22(16-6-8-17(24)9-7-16)10-12-31(13-11-22)18(33)14-32-15(3)19(25)20(29-32)23(26,27)28/h6-9,15,19H,4-5,10-14H2,1-3H3. The average molecular weight is 521 g/mol. The molecule has 1 saturated heterocycles. The number of halogens is 5. The summed E-state index contributed by atoms with van der Waals surface area (Å²) in [6.45, 7) is 6.80. The lowest BCUT2D eigenvalue weighted by molar-refractivity contribution is -0.143. The first-order valence-electron chi connectivity index (χ1n) is 11.3. The van der Waals surface area contributed by atoms with Crippen LogP contribution in [0, 0.1) is 0 Å². The maximum atomic E-state index is 13.6. The molecule has 1 fully saturated rings. The Kier molecular flexibility index (Phi) is 8.07. The molecule has 0 aromatic heterocycles. The number of rotatable bonds is 6. The molecule has 34 heavy (non-hydrogen) atoms. The molecule has 0 saturated carbocycles. The van der Waals surface area contributed by atoms with Gasteiger partial charge in [-0.2, -0.15) is 18.3 Å². The van der Waals surface area contributed by atoms with Gasteiger partial charge in [0.25, 0.3) is 0 Å². The van der Waals surface area contributed by atoms with E-state index in [0.29, 0.717) is 44.0 Å². The lowest BCUT2D eigenvalue weighted by atomic mass is 9.71. The minimum Gasteiger partial charge on any atom is -0.342 e. The summed E-state index contributed by atoms with van der Waals surface area (Å²) < 4.78 is 39.4. The Bertz CT molecular complexity index is 927. The van der Waals surface area contributed by atoms with Crippen molar-refractivity contribution >= 4 is 40.7 Å². The molecule has 0 radical (unpaired) electrons. The third-order valence-corrected chi connectivity index (χ3v) is 7.63. The maximum Gasteiger partial charge on any atom is 0.432 e. The minimum absolute atomic E-state index is 0.00415. The number of nitrogens with zero attached hydrogens (tertiary/aromatic N) is 4. The Morgan fingerprint density at radius 2 is 1.71 bits per heavy atom. The van der Waals surface area contributed by atoms with Crippen molar-refractivity contribution in [2.75, 3.05) is 32.7 Å². The van der Waals surface area contributed by atoms with Crippen molar-refractivity contribution in [3.05, 3.63) is 34.9 Å². The summed E-state index contributed by atoms with van der Waals surface area (Å²) in [6.07, 6.45) is -3.84. The summed E-state index contributed by atoms with van der Waals surface area (Å²) >= 11 is 12.0. The van der Waals surface area contributed by atoms with Gasteiger partial charge in [0.1, 0.15) is 11.9 Å². The predicted octanol–water partition coefficient (Wildman–Crippen LogP) is 4.30. The van der Waals surface area contributed by atoms with Crippen LogP contribution in [0.4, 0.5) is 13.2 Å². The molecule has 2 unspecified atom stereocenters. The second kappa shape index (κ2) is 10.3. The Hall–Kier alpha value is -2.00. The number of hydrazone groups is 1. The fourth-order valence-corrected chi connectivity index (χ4v) is 5.06. The van der Waals surface area contributed by atoms with E-state index in [4.69, 9.17) is 23.2 Å². The molecule has 0 N–H and O–H groups in total. The number of piperidine rings is 1. The number of hydrogen-bond acceptors (Lipinski definition) is 4. The fraction of sp³-hybridized carbons (Fsp3) is 0.609. The van der Waals surface area contributed by atoms with E-state index in [9.17, 15) is 22.8 Å². The van der Waals surface area contributed by atoms with Crippen LogP contribution in [0.1, 0.15) is 39.2 Å². The lowest BCUT2D eigenvalue weighted by Gasteiger charge is -2.43. The molecular weight excluding hydrogens is 492 g/mol. The normalized spacial score (nSPS) is 22.5. The topological polar surface area (TPSA) is 56.2 Å². The van der Waals surface area contributed by atoms with Gasteiger partial charge in [-0.05, 0) is 51.3 Å². The quantitative estimate of drug-likeness (QED) is 0.525. The van der Waals surface area contributed by atoms with E-state index in [2.05, 4.69) is 5.10 Å². The van der Waals surface area contributed by atoms with Gasteiger partial charge in [-0.3, -0.25) is 14.6 Å². The van der Waals surface area contributed by atoms with E-state index in [-0.39, 0.29) is 18.4 Å². The molecule has 0 spiro atoms. The third-order valence-electron chi connectivity index (χ3n) is 6.81. The zero-order valence-corrected chi connectivity index (χ0v) is 20.9. The first kappa shape index (κ1) is 26.6. The Morgan fingerprint density at radius 1 is 1.15 bits per heavy atom. The monoisotopic (exact) mass is 520 g/mol. The van der Waals surface area contributed by atoms with Gasteiger partial charge >= 0.3 is 6.18 Å². The predicted molar refractivity (Wildman–Crippen MR) is 126 cm³/mol. The Morgan fingerprint density at radius 3 is 2.18 bits per heavy atom. The number of likely N-dealkylation sites (tertiary alicyclic amines) is 1. The second-order valence-corrected chi connectivity index (χ2v) is 9.58. The van der Waals surface area contributed by atoms with Gasteiger partial charge in [0, 0.05) is 31.2 Å². The molecule has 2 aliphatic rings. The van der Waals surface area contributed by atoms with Gasteiger partial charge in [-0.1, -0.05) is 23.7 Å². The van der Waals surface area contributed by atoms with E-state index in [1.165, 1.54) is 6.92 Å². The summed E-state index contributed by atoms with van der Waals surface area (Å²) in [5.41, 5.74) is -1.03. The number of amides is 2. The highest BCUT2D eigenvalue weighted by Gasteiger charge is 2.49. The fourth-order valence-electron chi connectivity index (χ4n) is 4.64. The van der Waals surface area contributed by atoms with Crippen LogP contribution in [0.5, 0.6) is 0 Å². The zero-order valence-electron chi connectivity index (χ0n) is 19.4. The van der Waals surface area contributed by atoms with Crippen LogP contribution in [0.2, 0.25) is 5.02 Å². The van der Waals surface area contributed by atoms with Crippen molar-refractivity contribution in [3.63, 3.8) is 0 Å². The van der Waals surface area contributed by atoms with E-state index < -0.39 is 28.7 Å². The average Bonchev–Trinajstić information content (AvgIpc) is 3.09. The van der Waals surface area contributed by atoms with E-state index in [0.717, 1.165) is 10.6 Å². The van der Waals surface area contributed by atoms with Crippen LogP contribution >= 0.6 is 23.2 Å². The lowest BCUT2D eigenvalue weighted by Crippen LogP contribution is -2.55. The molecule has 1 aromatic carbocycles. The maximum absolute atomic E-state index is 13.6. The summed E-state index contributed by atoms with van der Waals surface area (Å²) in [7, 11) is 0. The molecule has 188 valence electrons. The molecule has 2 heterocycles. The molecule has 2 amide bonds. The minimum atomic E-state index is -4.65. The summed E-state index contributed by atoms with van der Waals surface area (Å²) in [6, 6.07) is 6.44. The molecule has 11 heteroatoms.